The Bertz CT molecular complexity index is 1440. The first kappa shape index (κ1) is 21.8. The molecule has 172 valence electrons. The van der Waals surface area contributed by atoms with Gasteiger partial charge in [-0.3, -0.25) is 9.59 Å². The minimum Gasteiger partial charge on any atom is -0.354 e. The van der Waals surface area contributed by atoms with Crippen LogP contribution >= 0.6 is 0 Å². The van der Waals surface area contributed by atoms with Gasteiger partial charge in [-0.1, -0.05) is 30.3 Å². The third-order valence-electron chi connectivity index (χ3n) is 6.06. The second-order valence-corrected chi connectivity index (χ2v) is 8.26. The average molecular weight is 463 g/mol. The van der Waals surface area contributed by atoms with Crippen molar-refractivity contribution >= 4 is 22.7 Å². The third-order valence-corrected chi connectivity index (χ3v) is 6.06. The van der Waals surface area contributed by atoms with Gasteiger partial charge in [0.1, 0.15) is 5.69 Å². The van der Waals surface area contributed by atoms with Gasteiger partial charge < -0.3 is 15.2 Å². The summed E-state index contributed by atoms with van der Waals surface area (Å²) in [6.45, 7) is 0.403. The first-order valence-electron chi connectivity index (χ1n) is 10.7. The van der Waals surface area contributed by atoms with Crippen LogP contribution in [-0.4, -0.2) is 28.7 Å². The van der Waals surface area contributed by atoms with Crippen LogP contribution in [0.1, 0.15) is 37.5 Å². The molecule has 3 aromatic carbocycles. The zero-order valence-corrected chi connectivity index (χ0v) is 18.2. The van der Waals surface area contributed by atoms with Crippen LogP contribution < -0.4 is 5.32 Å². The summed E-state index contributed by atoms with van der Waals surface area (Å²) in [5.41, 5.74) is 4.13. The first-order valence-corrected chi connectivity index (χ1v) is 10.7. The molecular weight excluding hydrogens is 443 g/mol. The Morgan fingerprint density at radius 3 is 2.59 bits per heavy atom. The van der Waals surface area contributed by atoms with E-state index in [4.69, 9.17) is 0 Å². The summed E-state index contributed by atoms with van der Waals surface area (Å²) >= 11 is 0. The summed E-state index contributed by atoms with van der Waals surface area (Å²) < 4.78 is 39.2. The minimum absolute atomic E-state index is 0.0929. The Balaban J connectivity index is 1.44. The Kier molecular flexibility index (Phi) is 5.16. The fourth-order valence-corrected chi connectivity index (χ4v) is 4.41. The maximum absolute atomic E-state index is 13.1. The van der Waals surface area contributed by atoms with E-state index in [0.29, 0.717) is 23.4 Å². The Morgan fingerprint density at radius 2 is 1.82 bits per heavy atom. The van der Waals surface area contributed by atoms with Crippen molar-refractivity contribution in [2.75, 3.05) is 7.05 Å². The summed E-state index contributed by atoms with van der Waals surface area (Å²) in [5.74, 6) is -0.423. The first-order chi connectivity index (χ1) is 16.2. The van der Waals surface area contributed by atoms with Gasteiger partial charge in [-0.2, -0.15) is 13.2 Å². The van der Waals surface area contributed by atoms with Crippen molar-refractivity contribution < 1.29 is 22.8 Å². The average Bonchev–Trinajstić information content (AvgIpc) is 3.39. The number of H-pyrrole nitrogens is 1. The maximum atomic E-state index is 13.1. The lowest BCUT2D eigenvalue weighted by Gasteiger charge is -2.16. The number of carbonyl (C=O) groups is 2. The van der Waals surface area contributed by atoms with Gasteiger partial charge in [0.2, 0.25) is 0 Å². The van der Waals surface area contributed by atoms with Gasteiger partial charge in [-0.25, -0.2) is 0 Å². The number of hydrogen-bond donors (Lipinski definition) is 2. The van der Waals surface area contributed by atoms with E-state index in [0.717, 1.165) is 39.7 Å². The number of aromatic nitrogens is 1. The van der Waals surface area contributed by atoms with E-state index in [-0.39, 0.29) is 18.4 Å². The summed E-state index contributed by atoms with van der Waals surface area (Å²) in [6, 6.07) is 18.1. The number of halogens is 3. The van der Waals surface area contributed by atoms with Crippen LogP contribution in [0, 0.1) is 0 Å². The summed E-state index contributed by atoms with van der Waals surface area (Å²) in [4.78, 5) is 29.6. The molecule has 5 nitrogen and oxygen atoms in total. The number of rotatable bonds is 4. The standard InChI is InChI=1S/C26H20F3N3O2/c1-30-24(33)23-12-21-19(6-3-7-22(21)31-23)16-8-9-20-17(11-16)14-32(25(20)34)13-15-4-2-5-18(10-15)26(27,28)29/h2-12,31H,13-14H2,1H3,(H,30,33). The lowest BCUT2D eigenvalue weighted by Crippen LogP contribution is -2.23. The quantitative estimate of drug-likeness (QED) is 0.427. The summed E-state index contributed by atoms with van der Waals surface area (Å²) in [6.07, 6.45) is -4.43. The normalized spacial score (nSPS) is 13.4. The smallest absolute Gasteiger partial charge is 0.354 e. The highest BCUT2D eigenvalue weighted by atomic mass is 19.4. The van der Waals surface area contributed by atoms with Crippen LogP contribution in [0.4, 0.5) is 13.2 Å². The Hall–Kier alpha value is -4.07. The highest BCUT2D eigenvalue weighted by Gasteiger charge is 2.32. The topological polar surface area (TPSA) is 65.2 Å². The fraction of sp³-hybridized carbons (Fsp3) is 0.154. The van der Waals surface area contributed by atoms with Crippen LogP contribution in [0.2, 0.25) is 0 Å². The van der Waals surface area contributed by atoms with Crippen LogP contribution in [-0.2, 0) is 19.3 Å². The molecule has 5 rings (SSSR count). The predicted octanol–water partition coefficient (Wildman–Crippen LogP) is 5.37. The molecule has 0 aliphatic carbocycles. The molecule has 1 aliphatic heterocycles. The van der Waals surface area contributed by atoms with Crippen molar-refractivity contribution in [3.05, 3.63) is 94.7 Å². The number of aromatic amines is 1. The highest BCUT2D eigenvalue weighted by molar-refractivity contribution is 6.04. The molecule has 34 heavy (non-hydrogen) atoms. The Morgan fingerprint density at radius 1 is 1.03 bits per heavy atom. The van der Waals surface area contributed by atoms with Gasteiger partial charge in [0.15, 0.2) is 0 Å². The number of nitrogens with one attached hydrogen (secondary N) is 2. The van der Waals surface area contributed by atoms with Crippen LogP contribution in [0.3, 0.4) is 0 Å². The molecule has 0 unspecified atom stereocenters. The van der Waals surface area contributed by atoms with Crippen molar-refractivity contribution in [1.29, 1.82) is 0 Å². The van der Waals surface area contributed by atoms with E-state index in [1.165, 1.54) is 6.07 Å². The van der Waals surface area contributed by atoms with Gasteiger partial charge in [0.25, 0.3) is 11.8 Å². The van der Waals surface area contributed by atoms with Crippen LogP contribution in [0.25, 0.3) is 22.0 Å². The molecule has 2 heterocycles. The van der Waals surface area contributed by atoms with Crippen LogP contribution in [0.15, 0.2) is 66.7 Å². The van der Waals surface area contributed by atoms with Crippen molar-refractivity contribution in [1.82, 2.24) is 15.2 Å². The molecule has 0 saturated carbocycles. The number of nitrogens with zero attached hydrogens (tertiary/aromatic N) is 1. The number of hydrogen-bond acceptors (Lipinski definition) is 2. The van der Waals surface area contributed by atoms with Gasteiger partial charge in [0.05, 0.1) is 5.56 Å². The molecule has 0 spiro atoms. The van der Waals surface area contributed by atoms with Crippen LogP contribution in [0.5, 0.6) is 0 Å². The molecule has 0 saturated heterocycles. The van der Waals surface area contributed by atoms with Crippen molar-refractivity contribution in [2.45, 2.75) is 19.3 Å². The highest BCUT2D eigenvalue weighted by Crippen LogP contribution is 2.34. The molecule has 1 aromatic heterocycles. The van der Waals surface area contributed by atoms with E-state index in [2.05, 4.69) is 10.3 Å². The number of benzene rings is 3. The number of amides is 2. The van der Waals surface area contributed by atoms with Crippen molar-refractivity contribution in [3.63, 3.8) is 0 Å². The molecule has 1 aliphatic rings. The third kappa shape index (κ3) is 3.81. The Labute approximate surface area is 193 Å². The molecule has 0 atom stereocenters. The molecular formula is C26H20F3N3O2. The SMILES string of the molecule is CNC(=O)c1cc2c(-c3ccc4c(c3)CN(Cc3cccc(C(F)(F)F)c3)C4=O)cccc2[nH]1. The summed E-state index contributed by atoms with van der Waals surface area (Å²) in [5, 5.41) is 3.48. The minimum atomic E-state index is -4.43. The van der Waals surface area contributed by atoms with E-state index in [1.54, 1.807) is 30.1 Å². The molecule has 2 amide bonds. The van der Waals surface area contributed by atoms with Crippen molar-refractivity contribution in [2.24, 2.45) is 0 Å². The lowest BCUT2D eigenvalue weighted by molar-refractivity contribution is -0.137. The number of carbonyl (C=O) groups excluding carboxylic acids is 2. The lowest BCUT2D eigenvalue weighted by atomic mass is 9.98. The molecule has 8 heteroatoms. The van der Waals surface area contributed by atoms with Gasteiger partial charge >= 0.3 is 6.18 Å². The van der Waals surface area contributed by atoms with E-state index < -0.39 is 11.7 Å². The van der Waals surface area contributed by atoms with E-state index >= 15 is 0 Å². The predicted molar refractivity (Wildman–Crippen MR) is 122 cm³/mol. The summed E-state index contributed by atoms with van der Waals surface area (Å²) in [7, 11) is 1.57. The second-order valence-electron chi connectivity index (χ2n) is 8.26. The second kappa shape index (κ2) is 8.06. The van der Waals surface area contributed by atoms with Crippen molar-refractivity contribution in [3.8, 4) is 11.1 Å². The molecule has 0 bridgehead atoms. The van der Waals surface area contributed by atoms with Gasteiger partial charge in [0, 0.05) is 36.6 Å². The molecule has 2 N–H and O–H groups in total. The largest absolute Gasteiger partial charge is 0.416 e. The zero-order chi connectivity index (χ0) is 24.0. The zero-order valence-electron chi connectivity index (χ0n) is 18.2. The maximum Gasteiger partial charge on any atom is 0.416 e. The molecule has 4 aromatic rings. The van der Waals surface area contributed by atoms with Gasteiger partial charge in [-0.15, -0.1) is 0 Å². The monoisotopic (exact) mass is 463 g/mol. The number of alkyl halides is 3. The van der Waals surface area contributed by atoms with E-state index in [1.807, 2.05) is 30.3 Å². The molecule has 0 radical (unpaired) electrons. The van der Waals surface area contributed by atoms with Gasteiger partial charge in [-0.05, 0) is 58.7 Å². The van der Waals surface area contributed by atoms with E-state index in [9.17, 15) is 22.8 Å². The number of fused-ring (bicyclic) bond motifs is 2. The fourth-order valence-electron chi connectivity index (χ4n) is 4.41. The molecule has 0 fully saturated rings.